The van der Waals surface area contributed by atoms with Crippen LogP contribution in [-0.2, 0) is 6.61 Å². The lowest BCUT2D eigenvalue weighted by Gasteiger charge is -2.06. The Morgan fingerprint density at radius 2 is 2.16 bits per heavy atom. The third-order valence-electron chi connectivity index (χ3n) is 2.59. The van der Waals surface area contributed by atoms with Gasteiger partial charge in [0, 0.05) is 4.90 Å². The van der Waals surface area contributed by atoms with Crippen LogP contribution in [0, 0.1) is 5.82 Å². The van der Waals surface area contributed by atoms with Gasteiger partial charge in [0.1, 0.15) is 22.7 Å². The van der Waals surface area contributed by atoms with E-state index in [1.807, 2.05) is 0 Å². The fraction of sp³-hybridized carbons (Fsp3) is 0.0833. The van der Waals surface area contributed by atoms with Gasteiger partial charge in [-0.3, -0.25) is 0 Å². The van der Waals surface area contributed by atoms with Crippen molar-refractivity contribution in [2.75, 3.05) is 0 Å². The summed E-state index contributed by atoms with van der Waals surface area (Å²) in [6.45, 7) is -0.225. The number of aliphatic hydroxyl groups excluding tert-OH is 1. The van der Waals surface area contributed by atoms with Crippen molar-refractivity contribution in [3.05, 3.63) is 42.2 Å². The van der Waals surface area contributed by atoms with E-state index in [9.17, 15) is 9.50 Å². The Kier molecular flexibility index (Phi) is 3.14. The van der Waals surface area contributed by atoms with Crippen molar-refractivity contribution in [2.45, 2.75) is 16.5 Å². The largest absolute Gasteiger partial charge is 0.392 e. The monoisotopic (exact) mass is 276 g/mol. The zero-order valence-electron chi connectivity index (χ0n) is 9.67. The number of rotatable bonds is 3. The maximum atomic E-state index is 13.1. The van der Waals surface area contributed by atoms with E-state index in [0.717, 1.165) is 10.4 Å². The average Bonchev–Trinajstić information content (AvgIpc) is 2.90. The van der Waals surface area contributed by atoms with Crippen molar-refractivity contribution in [2.24, 2.45) is 0 Å². The highest BCUT2D eigenvalue weighted by Crippen LogP contribution is 2.32. The van der Waals surface area contributed by atoms with Crippen LogP contribution in [0.5, 0.6) is 0 Å². The number of benzene rings is 1. The second-order valence-electron chi connectivity index (χ2n) is 3.79. The van der Waals surface area contributed by atoms with Crippen LogP contribution in [0.4, 0.5) is 4.39 Å². The molecular formula is C12H9FN4OS. The summed E-state index contributed by atoms with van der Waals surface area (Å²) in [5, 5.41) is 9.95. The summed E-state index contributed by atoms with van der Waals surface area (Å²) in [6, 6.07) is 4.29. The maximum absolute atomic E-state index is 13.1. The minimum Gasteiger partial charge on any atom is -0.392 e. The number of hydrogen-bond acceptors (Lipinski definition) is 5. The van der Waals surface area contributed by atoms with Crippen molar-refractivity contribution in [3.63, 3.8) is 0 Å². The van der Waals surface area contributed by atoms with Crippen molar-refractivity contribution in [3.8, 4) is 0 Å². The molecule has 0 amide bonds. The summed E-state index contributed by atoms with van der Waals surface area (Å²) in [5.74, 6) is -0.372. The third kappa shape index (κ3) is 2.29. The first-order valence-corrected chi connectivity index (χ1v) is 6.31. The van der Waals surface area contributed by atoms with Gasteiger partial charge in [-0.2, -0.15) is 0 Å². The zero-order chi connectivity index (χ0) is 13.2. The van der Waals surface area contributed by atoms with E-state index >= 15 is 0 Å². The number of fused-ring (bicyclic) bond motifs is 1. The Morgan fingerprint density at radius 1 is 1.26 bits per heavy atom. The summed E-state index contributed by atoms with van der Waals surface area (Å²) in [6.07, 6.45) is 2.97. The highest BCUT2D eigenvalue weighted by Gasteiger charge is 2.10. The summed E-state index contributed by atoms with van der Waals surface area (Å²) in [5.41, 5.74) is 1.82. The molecule has 0 radical (unpaired) electrons. The van der Waals surface area contributed by atoms with Gasteiger partial charge < -0.3 is 10.1 Å². The molecule has 0 fully saturated rings. The molecular weight excluding hydrogens is 267 g/mol. The Hall–Kier alpha value is -1.99. The van der Waals surface area contributed by atoms with Gasteiger partial charge in [-0.1, -0.05) is 11.8 Å². The second-order valence-corrected chi connectivity index (χ2v) is 4.82. The van der Waals surface area contributed by atoms with Crippen molar-refractivity contribution < 1.29 is 9.50 Å². The van der Waals surface area contributed by atoms with Gasteiger partial charge in [0.15, 0.2) is 5.65 Å². The Bertz CT molecular complexity index is 731. The van der Waals surface area contributed by atoms with Gasteiger partial charge in [-0.05, 0) is 23.8 Å². The van der Waals surface area contributed by atoms with Crippen LogP contribution in [0.1, 0.15) is 5.56 Å². The molecule has 0 aliphatic heterocycles. The molecule has 0 unspecified atom stereocenters. The lowest BCUT2D eigenvalue weighted by Crippen LogP contribution is -1.91. The number of aromatic amines is 1. The summed E-state index contributed by atoms with van der Waals surface area (Å²) in [7, 11) is 0. The van der Waals surface area contributed by atoms with Crippen molar-refractivity contribution >= 4 is 22.9 Å². The van der Waals surface area contributed by atoms with Gasteiger partial charge in [0.2, 0.25) is 0 Å². The molecule has 0 saturated carbocycles. The molecule has 2 heterocycles. The maximum Gasteiger partial charge on any atom is 0.181 e. The van der Waals surface area contributed by atoms with Crippen LogP contribution < -0.4 is 0 Å². The number of halogens is 1. The number of nitrogens with zero attached hydrogens (tertiary/aromatic N) is 3. The first-order chi connectivity index (χ1) is 9.28. The van der Waals surface area contributed by atoms with Crippen LogP contribution in [0.15, 0.2) is 40.8 Å². The normalized spacial score (nSPS) is 11.1. The topological polar surface area (TPSA) is 74.7 Å². The quantitative estimate of drug-likeness (QED) is 0.717. The molecule has 0 atom stereocenters. The number of aromatic nitrogens is 4. The molecule has 96 valence electrons. The molecule has 19 heavy (non-hydrogen) atoms. The molecule has 0 aliphatic carbocycles. The van der Waals surface area contributed by atoms with Crippen LogP contribution in [0.3, 0.4) is 0 Å². The van der Waals surface area contributed by atoms with Crippen LogP contribution in [-0.4, -0.2) is 25.0 Å². The Labute approximate surface area is 111 Å². The fourth-order valence-corrected chi connectivity index (χ4v) is 2.65. The number of H-pyrrole nitrogens is 1. The van der Waals surface area contributed by atoms with Gasteiger partial charge in [0.25, 0.3) is 0 Å². The first kappa shape index (κ1) is 12.1. The number of nitrogens with one attached hydrogen (secondary N) is 1. The molecule has 0 bridgehead atoms. The van der Waals surface area contributed by atoms with E-state index in [-0.39, 0.29) is 12.4 Å². The molecule has 3 rings (SSSR count). The summed E-state index contributed by atoms with van der Waals surface area (Å²) >= 11 is 1.33. The van der Waals surface area contributed by atoms with Crippen LogP contribution >= 0.6 is 11.8 Å². The average molecular weight is 276 g/mol. The molecule has 0 saturated heterocycles. The highest BCUT2D eigenvalue weighted by molar-refractivity contribution is 7.99. The van der Waals surface area contributed by atoms with Crippen LogP contribution in [0.2, 0.25) is 0 Å². The standard InChI is InChI=1S/C12H9FN4OS/c13-8-1-2-9(7(3-8)4-18)19-12-10-11(15-5-14-10)16-6-17-12/h1-3,5-6,18H,4H2,(H,14,15,16,17). The van der Waals surface area contributed by atoms with Gasteiger partial charge in [0.05, 0.1) is 12.9 Å². The van der Waals surface area contributed by atoms with E-state index in [0.29, 0.717) is 16.2 Å². The second kappa shape index (κ2) is 4.94. The molecule has 0 aliphatic rings. The lowest BCUT2D eigenvalue weighted by molar-refractivity contribution is 0.278. The van der Waals surface area contributed by atoms with E-state index in [1.54, 1.807) is 12.4 Å². The molecule has 0 spiro atoms. The third-order valence-corrected chi connectivity index (χ3v) is 3.71. The summed E-state index contributed by atoms with van der Waals surface area (Å²) in [4.78, 5) is 16.0. The predicted molar refractivity (Wildman–Crippen MR) is 68.1 cm³/mol. The number of aliphatic hydroxyl groups is 1. The highest BCUT2D eigenvalue weighted by atomic mass is 32.2. The van der Waals surface area contributed by atoms with Crippen LogP contribution in [0.25, 0.3) is 11.2 Å². The molecule has 1 aromatic carbocycles. The zero-order valence-corrected chi connectivity index (χ0v) is 10.5. The Balaban J connectivity index is 2.03. The molecule has 3 aromatic rings. The molecule has 2 N–H and O–H groups in total. The molecule has 7 heteroatoms. The molecule has 2 aromatic heterocycles. The first-order valence-electron chi connectivity index (χ1n) is 5.49. The van der Waals surface area contributed by atoms with E-state index in [4.69, 9.17) is 0 Å². The smallest absolute Gasteiger partial charge is 0.181 e. The lowest BCUT2D eigenvalue weighted by atomic mass is 10.2. The van der Waals surface area contributed by atoms with E-state index in [1.165, 1.54) is 30.2 Å². The van der Waals surface area contributed by atoms with Crippen molar-refractivity contribution in [1.82, 2.24) is 19.9 Å². The molecule has 5 nitrogen and oxygen atoms in total. The number of imidazole rings is 1. The fourth-order valence-electron chi connectivity index (χ4n) is 1.70. The van der Waals surface area contributed by atoms with E-state index in [2.05, 4.69) is 19.9 Å². The minimum absolute atomic E-state index is 0.225. The number of hydrogen-bond donors (Lipinski definition) is 2. The minimum atomic E-state index is -0.372. The Morgan fingerprint density at radius 3 is 3.00 bits per heavy atom. The van der Waals surface area contributed by atoms with Crippen molar-refractivity contribution in [1.29, 1.82) is 0 Å². The van der Waals surface area contributed by atoms with Gasteiger partial charge >= 0.3 is 0 Å². The SMILES string of the molecule is OCc1cc(F)ccc1Sc1ncnc2nc[nH]c12. The van der Waals surface area contributed by atoms with Gasteiger partial charge in [-0.25, -0.2) is 19.3 Å². The van der Waals surface area contributed by atoms with E-state index < -0.39 is 0 Å². The predicted octanol–water partition coefficient (Wildman–Crippen LogP) is 2.14. The van der Waals surface area contributed by atoms with Gasteiger partial charge in [-0.15, -0.1) is 0 Å². The summed E-state index contributed by atoms with van der Waals surface area (Å²) < 4.78 is 13.1.